The molecule has 1 aromatic carbocycles. The van der Waals surface area contributed by atoms with Gasteiger partial charge in [-0.1, -0.05) is 12.1 Å². The lowest BCUT2D eigenvalue weighted by molar-refractivity contribution is 0.179. The average molecular weight is 559 g/mol. The lowest BCUT2D eigenvalue weighted by atomic mass is 9.97. The number of benzene rings is 1. The normalized spacial score (nSPS) is 15.3. The zero-order chi connectivity index (χ0) is 21.2. The predicted molar refractivity (Wildman–Crippen MR) is 140 cm³/mol. The zero-order valence-corrected chi connectivity index (χ0v) is 21.9. The second-order valence-electron chi connectivity index (χ2n) is 7.56. The van der Waals surface area contributed by atoms with Gasteiger partial charge in [-0.3, -0.25) is 4.90 Å². The number of aliphatic imine (C=N–C) groups is 1. The molecule has 0 saturated carbocycles. The highest BCUT2D eigenvalue weighted by Gasteiger charge is 2.19. The SMILES string of the molecule is CCNC(=NCc1ccc(OC)c(OC)c1)NCC1CCN(Cc2cccs2)CC1.I. The molecular formula is C23H35IN4O2S. The number of hydrogen-bond donors (Lipinski definition) is 2. The first-order chi connectivity index (χ1) is 14.7. The number of methoxy groups -OCH3 is 2. The number of hydrogen-bond acceptors (Lipinski definition) is 5. The maximum atomic E-state index is 5.39. The molecule has 1 aliphatic heterocycles. The summed E-state index contributed by atoms with van der Waals surface area (Å²) in [7, 11) is 3.30. The van der Waals surface area contributed by atoms with Crippen LogP contribution in [0.4, 0.5) is 0 Å². The van der Waals surface area contributed by atoms with Gasteiger partial charge in [-0.2, -0.15) is 0 Å². The van der Waals surface area contributed by atoms with Crippen molar-refractivity contribution in [2.24, 2.45) is 10.9 Å². The highest BCUT2D eigenvalue weighted by molar-refractivity contribution is 14.0. The summed E-state index contributed by atoms with van der Waals surface area (Å²) in [5.41, 5.74) is 1.09. The summed E-state index contributed by atoms with van der Waals surface area (Å²) in [6.07, 6.45) is 2.46. The fourth-order valence-corrected chi connectivity index (χ4v) is 4.45. The first kappa shape index (κ1) is 25.7. The van der Waals surface area contributed by atoms with Gasteiger partial charge in [0.2, 0.25) is 0 Å². The van der Waals surface area contributed by atoms with Gasteiger partial charge in [-0.25, -0.2) is 4.99 Å². The van der Waals surface area contributed by atoms with E-state index in [-0.39, 0.29) is 24.0 Å². The number of likely N-dealkylation sites (tertiary alicyclic amines) is 1. The predicted octanol–water partition coefficient (Wildman–Crippen LogP) is 4.35. The first-order valence-electron chi connectivity index (χ1n) is 10.7. The molecule has 2 N–H and O–H groups in total. The topological polar surface area (TPSA) is 58.1 Å². The number of ether oxygens (including phenoxy) is 2. The maximum absolute atomic E-state index is 5.39. The summed E-state index contributed by atoms with van der Waals surface area (Å²) in [4.78, 5) is 8.78. The molecule has 8 heteroatoms. The van der Waals surface area contributed by atoms with Crippen molar-refractivity contribution < 1.29 is 9.47 Å². The largest absolute Gasteiger partial charge is 0.493 e. The molecule has 0 atom stereocenters. The fraction of sp³-hybridized carbons (Fsp3) is 0.522. The molecule has 2 aromatic rings. The van der Waals surface area contributed by atoms with E-state index >= 15 is 0 Å². The minimum absolute atomic E-state index is 0. The molecule has 1 fully saturated rings. The van der Waals surface area contributed by atoms with Crippen molar-refractivity contribution >= 4 is 41.3 Å². The van der Waals surface area contributed by atoms with E-state index < -0.39 is 0 Å². The Hall–Kier alpha value is -1.52. The molecule has 0 spiro atoms. The molecule has 2 heterocycles. The van der Waals surface area contributed by atoms with E-state index in [1.165, 1.54) is 30.8 Å². The molecule has 1 aliphatic rings. The lowest BCUT2D eigenvalue weighted by Gasteiger charge is -2.32. The van der Waals surface area contributed by atoms with Crippen LogP contribution in [-0.2, 0) is 13.1 Å². The van der Waals surface area contributed by atoms with Crippen molar-refractivity contribution in [2.75, 3.05) is 40.4 Å². The highest BCUT2D eigenvalue weighted by atomic mass is 127. The number of thiophene rings is 1. The smallest absolute Gasteiger partial charge is 0.191 e. The molecule has 172 valence electrons. The van der Waals surface area contributed by atoms with Crippen molar-refractivity contribution in [3.63, 3.8) is 0 Å². The van der Waals surface area contributed by atoms with Gasteiger partial charge < -0.3 is 20.1 Å². The van der Waals surface area contributed by atoms with Gasteiger partial charge in [0, 0.05) is 24.5 Å². The molecular weight excluding hydrogens is 523 g/mol. The molecule has 0 aliphatic carbocycles. The van der Waals surface area contributed by atoms with Crippen LogP contribution in [0.3, 0.4) is 0 Å². The third kappa shape index (κ3) is 8.16. The van der Waals surface area contributed by atoms with Crippen molar-refractivity contribution in [1.29, 1.82) is 0 Å². The van der Waals surface area contributed by atoms with Crippen LogP contribution in [0.5, 0.6) is 11.5 Å². The second kappa shape index (κ2) is 13.8. The van der Waals surface area contributed by atoms with Gasteiger partial charge in [0.1, 0.15) is 0 Å². The van der Waals surface area contributed by atoms with Gasteiger partial charge in [0.05, 0.1) is 20.8 Å². The fourth-order valence-electron chi connectivity index (χ4n) is 3.70. The van der Waals surface area contributed by atoms with Crippen LogP contribution in [0.15, 0.2) is 40.7 Å². The molecule has 0 radical (unpaired) electrons. The van der Waals surface area contributed by atoms with Crippen LogP contribution in [0.1, 0.15) is 30.2 Å². The van der Waals surface area contributed by atoms with Gasteiger partial charge in [-0.05, 0) is 67.9 Å². The highest BCUT2D eigenvalue weighted by Crippen LogP contribution is 2.27. The molecule has 0 unspecified atom stereocenters. The Bertz CT molecular complexity index is 793. The number of piperidine rings is 1. The Morgan fingerprint density at radius 2 is 1.90 bits per heavy atom. The van der Waals surface area contributed by atoms with Crippen LogP contribution in [-0.4, -0.2) is 51.3 Å². The quantitative estimate of drug-likeness (QED) is 0.272. The molecule has 0 amide bonds. The summed E-state index contributed by atoms with van der Waals surface area (Å²) >= 11 is 1.85. The third-order valence-electron chi connectivity index (χ3n) is 5.44. The summed E-state index contributed by atoms with van der Waals surface area (Å²) in [6.45, 7) is 7.92. The Labute approximate surface area is 207 Å². The molecule has 0 bridgehead atoms. The Kier molecular flexibility index (Phi) is 11.5. The van der Waals surface area contributed by atoms with Crippen LogP contribution < -0.4 is 20.1 Å². The summed E-state index contributed by atoms with van der Waals surface area (Å²) < 4.78 is 10.7. The molecule has 3 rings (SSSR count). The standard InChI is InChI=1S/C23H34N4O2S.HI/c1-4-24-23(26-16-19-7-8-21(28-2)22(14-19)29-3)25-15-18-9-11-27(12-10-18)17-20-6-5-13-30-20;/h5-8,13-14,18H,4,9-12,15-17H2,1-3H3,(H2,24,25,26);1H. The minimum Gasteiger partial charge on any atom is -0.493 e. The van der Waals surface area contributed by atoms with Crippen molar-refractivity contribution in [2.45, 2.75) is 32.9 Å². The third-order valence-corrected chi connectivity index (χ3v) is 6.30. The van der Waals surface area contributed by atoms with Crippen molar-refractivity contribution in [3.8, 4) is 11.5 Å². The van der Waals surface area contributed by atoms with Gasteiger partial charge >= 0.3 is 0 Å². The zero-order valence-electron chi connectivity index (χ0n) is 18.7. The van der Waals surface area contributed by atoms with Gasteiger partial charge in [0.25, 0.3) is 0 Å². The van der Waals surface area contributed by atoms with Crippen molar-refractivity contribution in [1.82, 2.24) is 15.5 Å². The monoisotopic (exact) mass is 558 g/mol. The number of nitrogens with zero attached hydrogens (tertiary/aromatic N) is 2. The van der Waals surface area contributed by atoms with E-state index in [0.717, 1.165) is 42.7 Å². The van der Waals surface area contributed by atoms with Gasteiger partial charge in [-0.15, -0.1) is 35.3 Å². The lowest BCUT2D eigenvalue weighted by Crippen LogP contribution is -2.42. The molecule has 6 nitrogen and oxygen atoms in total. The summed E-state index contributed by atoms with van der Waals surface area (Å²) in [6, 6.07) is 10.3. The number of nitrogens with one attached hydrogen (secondary N) is 2. The molecule has 1 aromatic heterocycles. The van der Waals surface area contributed by atoms with Gasteiger partial charge in [0.15, 0.2) is 17.5 Å². The summed E-state index contributed by atoms with van der Waals surface area (Å²) in [5.74, 6) is 3.03. The van der Waals surface area contributed by atoms with Crippen LogP contribution in [0.25, 0.3) is 0 Å². The molecule has 1 saturated heterocycles. The number of guanidine groups is 1. The van der Waals surface area contributed by atoms with Crippen LogP contribution in [0, 0.1) is 5.92 Å². The summed E-state index contributed by atoms with van der Waals surface area (Å²) in [5, 5.41) is 9.06. The Balaban J connectivity index is 0.00000341. The van der Waals surface area contributed by atoms with E-state index in [0.29, 0.717) is 12.5 Å². The van der Waals surface area contributed by atoms with Crippen LogP contribution in [0.2, 0.25) is 0 Å². The van der Waals surface area contributed by atoms with E-state index in [1.54, 1.807) is 14.2 Å². The number of rotatable bonds is 9. The average Bonchev–Trinajstić information content (AvgIpc) is 3.29. The van der Waals surface area contributed by atoms with Crippen LogP contribution >= 0.6 is 35.3 Å². The number of halogens is 1. The van der Waals surface area contributed by atoms with Crippen molar-refractivity contribution in [3.05, 3.63) is 46.2 Å². The minimum atomic E-state index is 0. The van der Waals surface area contributed by atoms with E-state index in [9.17, 15) is 0 Å². The van der Waals surface area contributed by atoms with E-state index in [1.807, 2.05) is 29.5 Å². The molecule has 31 heavy (non-hydrogen) atoms. The Morgan fingerprint density at radius 3 is 2.55 bits per heavy atom. The van der Waals surface area contributed by atoms with E-state index in [4.69, 9.17) is 14.5 Å². The first-order valence-corrected chi connectivity index (χ1v) is 11.6. The Morgan fingerprint density at radius 1 is 1.13 bits per heavy atom. The second-order valence-corrected chi connectivity index (χ2v) is 8.60. The van der Waals surface area contributed by atoms with E-state index in [2.05, 4.69) is 40.0 Å². The maximum Gasteiger partial charge on any atom is 0.191 e.